The molecule has 0 spiro atoms. The summed E-state index contributed by atoms with van der Waals surface area (Å²) < 4.78 is 0. The van der Waals surface area contributed by atoms with Gasteiger partial charge in [0.2, 0.25) is 0 Å². The van der Waals surface area contributed by atoms with Gasteiger partial charge in [0, 0.05) is 22.1 Å². The van der Waals surface area contributed by atoms with E-state index >= 15 is 0 Å². The summed E-state index contributed by atoms with van der Waals surface area (Å²) in [6, 6.07) is 20.4. The van der Waals surface area contributed by atoms with Gasteiger partial charge in [-0.25, -0.2) is 4.99 Å². The first-order chi connectivity index (χ1) is 9.88. The average molecular weight is 345 g/mol. The van der Waals surface area contributed by atoms with Crippen LogP contribution in [0.3, 0.4) is 0 Å². The molecule has 0 radical (unpaired) electrons. The largest absolute Gasteiger partial charge is 0.292 e. The lowest BCUT2D eigenvalue weighted by molar-refractivity contribution is 1.25. The summed E-state index contributed by atoms with van der Waals surface area (Å²) in [6.07, 6.45) is 0. The van der Waals surface area contributed by atoms with Crippen molar-refractivity contribution in [2.24, 2.45) is 4.99 Å². The monoisotopic (exact) mass is 344 g/mol. The van der Waals surface area contributed by atoms with Gasteiger partial charge in [0.1, 0.15) is 0 Å². The maximum absolute atomic E-state index is 4.76. The van der Waals surface area contributed by atoms with E-state index in [1.807, 2.05) is 53.5 Å². The Labute approximate surface area is 131 Å². The number of hydrogen-bond acceptors (Lipinski definition) is 2. The van der Waals surface area contributed by atoms with Crippen molar-refractivity contribution < 1.29 is 0 Å². The summed E-state index contributed by atoms with van der Waals surface area (Å²) in [5.74, 6) is 0.922. The number of amidine groups is 1. The van der Waals surface area contributed by atoms with Crippen molar-refractivity contribution in [3.63, 3.8) is 0 Å². The number of halogens is 1. The van der Waals surface area contributed by atoms with Crippen LogP contribution in [0.5, 0.6) is 0 Å². The first-order valence-electron chi connectivity index (χ1n) is 6.29. The van der Waals surface area contributed by atoms with E-state index in [4.69, 9.17) is 4.99 Å². The zero-order valence-corrected chi connectivity index (χ0v) is 13.1. The molecule has 0 atom stereocenters. The number of rotatable bonds is 2. The van der Waals surface area contributed by atoms with Gasteiger partial charge in [0.15, 0.2) is 5.17 Å². The lowest BCUT2D eigenvalue weighted by Gasteiger charge is -2.19. The normalized spacial score (nSPS) is 18.9. The topological polar surface area (TPSA) is 15.6 Å². The van der Waals surface area contributed by atoms with E-state index in [9.17, 15) is 0 Å². The van der Waals surface area contributed by atoms with E-state index in [0.717, 1.165) is 22.3 Å². The van der Waals surface area contributed by atoms with Crippen LogP contribution < -0.4 is 4.90 Å². The Morgan fingerprint density at radius 2 is 1.65 bits per heavy atom. The van der Waals surface area contributed by atoms with Crippen LogP contribution >= 0.6 is 27.7 Å². The lowest BCUT2D eigenvalue weighted by Crippen LogP contribution is -2.21. The third-order valence-corrected chi connectivity index (χ3v) is 4.45. The Kier molecular flexibility index (Phi) is 4.23. The molecule has 100 valence electrons. The molecular weight excluding hydrogens is 332 g/mol. The van der Waals surface area contributed by atoms with Crippen molar-refractivity contribution in [1.29, 1.82) is 0 Å². The van der Waals surface area contributed by atoms with Crippen LogP contribution in [0.4, 0.5) is 11.4 Å². The van der Waals surface area contributed by atoms with Crippen molar-refractivity contribution in [2.45, 2.75) is 0 Å². The van der Waals surface area contributed by atoms with Crippen molar-refractivity contribution in [2.75, 3.05) is 10.7 Å². The predicted molar refractivity (Wildman–Crippen MR) is 91.9 cm³/mol. The van der Waals surface area contributed by atoms with Gasteiger partial charge in [-0.1, -0.05) is 64.1 Å². The van der Waals surface area contributed by atoms with Crippen LogP contribution in [0.2, 0.25) is 0 Å². The second-order valence-corrected chi connectivity index (χ2v) is 5.69. The summed E-state index contributed by atoms with van der Waals surface area (Å²) in [4.78, 5) is 8.92. The van der Waals surface area contributed by atoms with Gasteiger partial charge in [-0.15, -0.1) is 0 Å². The summed E-state index contributed by atoms with van der Waals surface area (Å²) in [5.41, 5.74) is 3.32. The fourth-order valence-electron chi connectivity index (χ4n) is 2.02. The predicted octanol–water partition coefficient (Wildman–Crippen LogP) is 5.16. The highest BCUT2D eigenvalue weighted by Crippen LogP contribution is 2.34. The summed E-state index contributed by atoms with van der Waals surface area (Å²) in [7, 11) is 0. The number of thioether (sulfide) groups is 1. The maximum Gasteiger partial charge on any atom is 0.173 e. The van der Waals surface area contributed by atoms with Gasteiger partial charge < -0.3 is 0 Å². The molecule has 1 fully saturated rings. The minimum absolute atomic E-state index is 0.922. The smallest absolute Gasteiger partial charge is 0.173 e. The molecule has 3 rings (SSSR count). The minimum Gasteiger partial charge on any atom is -0.292 e. The quantitative estimate of drug-likeness (QED) is 0.747. The van der Waals surface area contributed by atoms with Gasteiger partial charge in [0.25, 0.3) is 0 Å². The molecule has 1 aliphatic heterocycles. The van der Waals surface area contributed by atoms with Crippen LogP contribution in [0.1, 0.15) is 0 Å². The van der Waals surface area contributed by atoms with Gasteiger partial charge in [0.05, 0.1) is 5.69 Å². The third kappa shape index (κ3) is 2.81. The highest BCUT2D eigenvalue weighted by Gasteiger charge is 2.25. The molecule has 4 heteroatoms. The first kappa shape index (κ1) is 13.5. The van der Waals surface area contributed by atoms with Crippen LogP contribution in [-0.4, -0.2) is 10.9 Å². The number of para-hydroxylation sites is 2. The molecule has 1 saturated heterocycles. The van der Waals surface area contributed by atoms with E-state index in [1.165, 1.54) is 5.70 Å². The maximum atomic E-state index is 4.76. The second kappa shape index (κ2) is 6.29. The Hall–Kier alpha value is -1.52. The van der Waals surface area contributed by atoms with Crippen molar-refractivity contribution in [3.8, 4) is 0 Å². The SMILES string of the molecule is BrC=C1CSC(=Nc2ccccc2)N1c1ccccc1. The Bertz CT molecular complexity index is 638. The Balaban J connectivity index is 2.01. The molecule has 1 aliphatic rings. The standard InChI is InChI=1S/C16H13BrN2S/c17-11-15-12-20-16(18-13-7-3-1-4-8-13)19(15)14-9-5-2-6-10-14/h1-11H,12H2. The second-order valence-electron chi connectivity index (χ2n) is 4.29. The zero-order chi connectivity index (χ0) is 13.8. The summed E-state index contributed by atoms with van der Waals surface area (Å²) in [5, 5.41) is 1.01. The molecular formula is C16H13BrN2S. The first-order valence-corrected chi connectivity index (χ1v) is 8.19. The summed E-state index contributed by atoms with van der Waals surface area (Å²) in [6.45, 7) is 0. The molecule has 0 saturated carbocycles. The molecule has 0 bridgehead atoms. The molecule has 2 aromatic rings. The van der Waals surface area contributed by atoms with Gasteiger partial charge in [-0.2, -0.15) is 0 Å². The van der Waals surface area contributed by atoms with Crippen LogP contribution in [-0.2, 0) is 0 Å². The van der Waals surface area contributed by atoms with Crippen LogP contribution in [0, 0.1) is 0 Å². The van der Waals surface area contributed by atoms with Gasteiger partial charge >= 0.3 is 0 Å². The molecule has 0 aliphatic carbocycles. The zero-order valence-electron chi connectivity index (χ0n) is 10.7. The number of nitrogens with zero attached hydrogens (tertiary/aromatic N) is 2. The molecule has 0 N–H and O–H groups in total. The van der Waals surface area contributed by atoms with Crippen molar-refractivity contribution >= 4 is 44.2 Å². The van der Waals surface area contributed by atoms with E-state index in [1.54, 1.807) is 11.8 Å². The van der Waals surface area contributed by atoms with E-state index in [-0.39, 0.29) is 0 Å². The third-order valence-electron chi connectivity index (χ3n) is 2.95. The van der Waals surface area contributed by atoms with Gasteiger partial charge in [-0.3, -0.25) is 4.90 Å². The molecule has 20 heavy (non-hydrogen) atoms. The average Bonchev–Trinajstić information content (AvgIpc) is 2.92. The van der Waals surface area contributed by atoms with Crippen LogP contribution in [0.25, 0.3) is 0 Å². The van der Waals surface area contributed by atoms with Crippen LogP contribution in [0.15, 0.2) is 76.3 Å². The van der Waals surface area contributed by atoms with E-state index < -0.39 is 0 Å². The Morgan fingerprint density at radius 1 is 1.00 bits per heavy atom. The lowest BCUT2D eigenvalue weighted by atomic mass is 10.3. The van der Waals surface area contributed by atoms with Crippen molar-refractivity contribution in [1.82, 2.24) is 0 Å². The molecule has 2 aromatic carbocycles. The molecule has 2 nitrogen and oxygen atoms in total. The van der Waals surface area contributed by atoms with Gasteiger partial charge in [-0.05, 0) is 24.3 Å². The number of anilines is 1. The van der Waals surface area contributed by atoms with Crippen molar-refractivity contribution in [3.05, 3.63) is 71.3 Å². The molecule has 1 heterocycles. The van der Waals surface area contributed by atoms with E-state index in [2.05, 4.69) is 33.0 Å². The minimum atomic E-state index is 0.922. The fourth-order valence-corrected chi connectivity index (χ4v) is 3.61. The number of benzene rings is 2. The number of hydrogen-bond donors (Lipinski definition) is 0. The highest BCUT2D eigenvalue weighted by molar-refractivity contribution is 9.11. The molecule has 0 amide bonds. The highest BCUT2D eigenvalue weighted by atomic mass is 79.9. The number of aliphatic imine (C=N–C) groups is 1. The summed E-state index contributed by atoms with van der Waals surface area (Å²) >= 11 is 5.21. The fraction of sp³-hybridized carbons (Fsp3) is 0.0625. The molecule has 0 aromatic heterocycles. The Morgan fingerprint density at radius 3 is 2.30 bits per heavy atom. The van der Waals surface area contributed by atoms with E-state index in [0.29, 0.717) is 0 Å². The molecule has 0 unspecified atom stereocenters.